The summed E-state index contributed by atoms with van der Waals surface area (Å²) >= 11 is 1.80. The van der Waals surface area contributed by atoms with E-state index in [4.69, 9.17) is 0 Å². The van der Waals surface area contributed by atoms with Gasteiger partial charge in [0.25, 0.3) is 0 Å². The number of aromatic carboxylic acids is 1. The number of aromatic nitrogens is 2. The Balaban J connectivity index is 1.35. The van der Waals surface area contributed by atoms with Crippen molar-refractivity contribution < 1.29 is 9.90 Å². The highest BCUT2D eigenvalue weighted by molar-refractivity contribution is 7.09. The van der Waals surface area contributed by atoms with Crippen LogP contribution in [0, 0.1) is 0 Å². The van der Waals surface area contributed by atoms with Crippen molar-refractivity contribution >= 4 is 28.2 Å². The molecule has 1 unspecified atom stereocenters. The molecule has 0 saturated carbocycles. The largest absolute Gasteiger partial charge is 0.478 e. The molecule has 6 heteroatoms. The summed E-state index contributed by atoms with van der Waals surface area (Å²) in [5.41, 5.74) is 3.70. The number of hydrogen-bond acceptors (Lipinski definition) is 4. The summed E-state index contributed by atoms with van der Waals surface area (Å²) in [5.74, 6) is -0.399. The summed E-state index contributed by atoms with van der Waals surface area (Å²) in [7, 11) is 0. The summed E-state index contributed by atoms with van der Waals surface area (Å²) in [5, 5.41) is 13.0. The van der Waals surface area contributed by atoms with E-state index in [2.05, 4.69) is 69.3 Å². The second kappa shape index (κ2) is 8.88. The summed E-state index contributed by atoms with van der Waals surface area (Å²) < 4.78 is 2.39. The molecule has 4 aromatic rings. The minimum atomic E-state index is -0.909. The number of para-hydroxylation sites is 1. The average Bonchev–Trinajstić information content (AvgIpc) is 3.47. The van der Waals surface area contributed by atoms with Crippen LogP contribution >= 0.6 is 11.3 Å². The van der Waals surface area contributed by atoms with E-state index < -0.39 is 5.97 Å². The van der Waals surface area contributed by atoms with Gasteiger partial charge in [0.2, 0.25) is 0 Å². The van der Waals surface area contributed by atoms with Gasteiger partial charge in [-0.1, -0.05) is 24.3 Å². The van der Waals surface area contributed by atoms with E-state index in [1.807, 2.05) is 0 Å². The van der Waals surface area contributed by atoms with Crippen molar-refractivity contribution in [2.75, 3.05) is 13.1 Å². The smallest absolute Gasteiger partial charge is 0.337 e. The zero-order valence-corrected chi connectivity index (χ0v) is 19.0. The van der Waals surface area contributed by atoms with Crippen LogP contribution in [0.2, 0.25) is 0 Å². The number of carbonyl (C=O) groups is 1. The average molecular weight is 446 g/mol. The number of benzene rings is 1. The van der Waals surface area contributed by atoms with E-state index in [9.17, 15) is 9.90 Å². The van der Waals surface area contributed by atoms with E-state index >= 15 is 0 Å². The number of likely N-dealkylation sites (tertiary alicyclic amines) is 1. The number of hydrogen-bond donors (Lipinski definition) is 1. The van der Waals surface area contributed by atoms with Crippen molar-refractivity contribution in [1.82, 2.24) is 14.5 Å². The Morgan fingerprint density at radius 3 is 2.72 bits per heavy atom. The SMILES string of the molecule is CC(c1ncccc1C(=O)O)N1CCC(c2cn(Cc3cccs3)c3ccccc23)CC1. The van der Waals surface area contributed by atoms with Crippen LogP contribution < -0.4 is 0 Å². The van der Waals surface area contributed by atoms with Gasteiger partial charge in [0.15, 0.2) is 0 Å². The zero-order chi connectivity index (χ0) is 22.1. The van der Waals surface area contributed by atoms with Crippen LogP contribution in [0.15, 0.2) is 66.3 Å². The molecule has 1 aromatic carbocycles. The summed E-state index contributed by atoms with van der Waals surface area (Å²) in [6.07, 6.45) is 6.17. The quantitative estimate of drug-likeness (QED) is 0.408. The number of carboxylic acids is 1. The lowest BCUT2D eigenvalue weighted by atomic mass is 9.88. The molecule has 1 atom stereocenters. The van der Waals surface area contributed by atoms with E-state index in [1.165, 1.54) is 21.3 Å². The standard InChI is InChI=1S/C26H27N3O2S/c1-18(25-22(26(30)31)8-4-12-27-25)28-13-10-19(11-14-28)23-17-29(16-20-6-5-15-32-20)24-9-3-2-7-21(23)24/h2-9,12,15,17-19H,10-11,13-14,16H2,1H3,(H,30,31). The van der Waals surface area contributed by atoms with Crippen LogP contribution in [0.4, 0.5) is 0 Å². The molecule has 1 fully saturated rings. The third kappa shape index (κ3) is 3.96. The zero-order valence-electron chi connectivity index (χ0n) is 18.1. The molecule has 0 aliphatic carbocycles. The molecule has 5 rings (SSSR count). The molecule has 164 valence electrons. The highest BCUT2D eigenvalue weighted by atomic mass is 32.1. The molecule has 1 N–H and O–H groups in total. The Morgan fingerprint density at radius 1 is 1.16 bits per heavy atom. The van der Waals surface area contributed by atoms with Gasteiger partial charge in [-0.2, -0.15) is 0 Å². The predicted octanol–water partition coefficient (Wildman–Crippen LogP) is 5.78. The fourth-order valence-corrected chi connectivity index (χ4v) is 5.71. The first kappa shape index (κ1) is 20.9. The highest BCUT2D eigenvalue weighted by Gasteiger charge is 2.28. The molecule has 3 aromatic heterocycles. The first-order chi connectivity index (χ1) is 15.6. The first-order valence-corrected chi connectivity index (χ1v) is 12.0. The van der Waals surface area contributed by atoms with Gasteiger partial charge in [0, 0.05) is 28.2 Å². The van der Waals surface area contributed by atoms with E-state index in [-0.39, 0.29) is 6.04 Å². The number of pyridine rings is 1. The second-order valence-electron chi connectivity index (χ2n) is 8.54. The van der Waals surface area contributed by atoms with Gasteiger partial charge >= 0.3 is 5.97 Å². The number of piperidine rings is 1. The van der Waals surface area contributed by atoms with Crippen molar-refractivity contribution in [3.05, 3.63) is 88.0 Å². The molecule has 1 saturated heterocycles. The molecule has 1 aliphatic heterocycles. The number of fused-ring (bicyclic) bond motifs is 1. The van der Waals surface area contributed by atoms with Gasteiger partial charge in [-0.15, -0.1) is 11.3 Å². The maximum Gasteiger partial charge on any atom is 0.337 e. The molecular weight excluding hydrogens is 418 g/mol. The van der Waals surface area contributed by atoms with E-state index in [1.54, 1.807) is 29.7 Å². The lowest BCUT2D eigenvalue weighted by molar-refractivity contribution is 0.0690. The topological polar surface area (TPSA) is 58.4 Å². The van der Waals surface area contributed by atoms with Crippen molar-refractivity contribution in [1.29, 1.82) is 0 Å². The van der Waals surface area contributed by atoms with Crippen molar-refractivity contribution in [2.24, 2.45) is 0 Å². The second-order valence-corrected chi connectivity index (χ2v) is 9.57. The molecular formula is C26H27N3O2S. The Hall–Kier alpha value is -2.96. The molecule has 0 radical (unpaired) electrons. The third-order valence-corrected chi connectivity index (χ3v) is 7.57. The maximum absolute atomic E-state index is 11.6. The molecule has 1 aliphatic rings. The monoisotopic (exact) mass is 445 g/mol. The normalized spacial score (nSPS) is 16.4. The molecule has 5 nitrogen and oxygen atoms in total. The lowest BCUT2D eigenvalue weighted by Crippen LogP contribution is -2.36. The molecule has 32 heavy (non-hydrogen) atoms. The molecule has 0 spiro atoms. The van der Waals surface area contributed by atoms with Gasteiger partial charge in [-0.05, 0) is 74.0 Å². The van der Waals surface area contributed by atoms with Crippen LogP contribution in [0.1, 0.15) is 58.2 Å². The maximum atomic E-state index is 11.6. The Labute approximate surface area is 192 Å². The van der Waals surface area contributed by atoms with Gasteiger partial charge in [-0.25, -0.2) is 4.79 Å². The highest BCUT2D eigenvalue weighted by Crippen LogP contribution is 2.37. The predicted molar refractivity (Wildman–Crippen MR) is 129 cm³/mol. The van der Waals surface area contributed by atoms with Crippen molar-refractivity contribution in [2.45, 2.75) is 38.3 Å². The van der Waals surface area contributed by atoms with Crippen molar-refractivity contribution in [3.8, 4) is 0 Å². The summed E-state index contributed by atoms with van der Waals surface area (Å²) in [4.78, 5) is 19.8. The van der Waals surface area contributed by atoms with Gasteiger partial charge < -0.3 is 9.67 Å². The van der Waals surface area contributed by atoms with E-state index in [0.717, 1.165) is 32.5 Å². The van der Waals surface area contributed by atoms with Crippen LogP contribution in [-0.4, -0.2) is 38.6 Å². The minimum Gasteiger partial charge on any atom is -0.478 e. The van der Waals surface area contributed by atoms with Gasteiger partial charge in [0.1, 0.15) is 0 Å². The minimum absolute atomic E-state index is 0.0107. The van der Waals surface area contributed by atoms with Crippen LogP contribution in [0.3, 0.4) is 0 Å². The summed E-state index contributed by atoms with van der Waals surface area (Å²) in [6.45, 7) is 4.85. The number of carboxylic acid groups (broad SMARTS) is 1. The van der Waals surface area contributed by atoms with Crippen LogP contribution in [-0.2, 0) is 6.54 Å². The fraction of sp³-hybridized carbons (Fsp3) is 0.308. The molecule has 0 amide bonds. The van der Waals surface area contributed by atoms with E-state index in [0.29, 0.717) is 17.2 Å². The Kier molecular flexibility index (Phi) is 5.81. The van der Waals surface area contributed by atoms with Crippen LogP contribution in [0.25, 0.3) is 10.9 Å². The van der Waals surface area contributed by atoms with Gasteiger partial charge in [-0.3, -0.25) is 9.88 Å². The summed E-state index contributed by atoms with van der Waals surface area (Å²) in [6, 6.07) is 16.4. The number of thiophene rings is 1. The van der Waals surface area contributed by atoms with Gasteiger partial charge in [0.05, 0.1) is 23.8 Å². The molecule has 4 heterocycles. The number of rotatable bonds is 6. The molecule has 0 bridgehead atoms. The Bertz CT molecular complexity index is 1220. The third-order valence-electron chi connectivity index (χ3n) is 6.71. The van der Waals surface area contributed by atoms with Crippen molar-refractivity contribution in [3.63, 3.8) is 0 Å². The lowest BCUT2D eigenvalue weighted by Gasteiger charge is -2.36. The first-order valence-electron chi connectivity index (χ1n) is 11.1. The Morgan fingerprint density at radius 2 is 1.97 bits per heavy atom. The fourth-order valence-electron chi connectivity index (χ4n) is 5.00. The van der Waals surface area contributed by atoms with Crippen LogP contribution in [0.5, 0.6) is 0 Å². The number of nitrogens with zero attached hydrogens (tertiary/aromatic N) is 3.